The summed E-state index contributed by atoms with van der Waals surface area (Å²) >= 11 is 0. The van der Waals surface area contributed by atoms with Gasteiger partial charge in [-0.1, -0.05) is 0 Å². The molecule has 0 saturated carbocycles. The zero-order valence-corrected chi connectivity index (χ0v) is 11.0. The summed E-state index contributed by atoms with van der Waals surface area (Å²) in [6, 6.07) is 2.06. The summed E-state index contributed by atoms with van der Waals surface area (Å²) in [4.78, 5) is 21.4. The number of methoxy groups -OCH3 is 2. The molecule has 1 rings (SSSR count). The number of ether oxygens (including phenoxy) is 2. The average molecular weight is 264 g/mol. The van der Waals surface area contributed by atoms with Crippen LogP contribution in [0.5, 0.6) is 0 Å². The molecule has 102 valence electrons. The van der Waals surface area contributed by atoms with E-state index in [1.54, 1.807) is 12.0 Å². The maximum absolute atomic E-state index is 11.7. The molecule has 1 heterocycles. The van der Waals surface area contributed by atoms with Gasteiger partial charge in [-0.25, -0.2) is 14.8 Å². The highest BCUT2D eigenvalue weighted by Gasteiger charge is 2.18. The monoisotopic (exact) mass is 264 g/mol. The quantitative estimate of drug-likeness (QED) is 0.667. The van der Waals surface area contributed by atoms with Gasteiger partial charge < -0.3 is 14.4 Å². The van der Waals surface area contributed by atoms with Gasteiger partial charge in [0.15, 0.2) is 0 Å². The van der Waals surface area contributed by atoms with E-state index < -0.39 is 5.97 Å². The Balaban J connectivity index is 2.99. The fourth-order valence-corrected chi connectivity index (χ4v) is 1.54. The van der Waals surface area contributed by atoms with Crippen molar-refractivity contribution in [1.82, 2.24) is 9.97 Å². The molecule has 1 aromatic heterocycles. The number of carbonyl (C=O) groups is 1. The number of hydrogen-bond donors (Lipinski definition) is 0. The van der Waals surface area contributed by atoms with E-state index in [0.29, 0.717) is 31.9 Å². The molecule has 1 aromatic rings. The minimum atomic E-state index is -0.505. The topological polar surface area (TPSA) is 88.3 Å². The molecular weight excluding hydrogens is 248 g/mol. The molecule has 0 aliphatic heterocycles. The van der Waals surface area contributed by atoms with Crippen LogP contribution in [0, 0.1) is 11.3 Å². The van der Waals surface area contributed by atoms with Gasteiger partial charge in [-0.3, -0.25) is 0 Å². The second-order valence-electron chi connectivity index (χ2n) is 3.64. The Kier molecular flexibility index (Phi) is 6.26. The van der Waals surface area contributed by atoms with Crippen molar-refractivity contribution >= 4 is 11.8 Å². The van der Waals surface area contributed by atoms with Crippen LogP contribution in [-0.2, 0) is 9.47 Å². The number of aromatic nitrogens is 2. The van der Waals surface area contributed by atoms with Crippen LogP contribution in [0.3, 0.4) is 0 Å². The third-order valence-corrected chi connectivity index (χ3v) is 2.45. The summed E-state index contributed by atoms with van der Waals surface area (Å²) in [6.07, 6.45) is 3.09. The van der Waals surface area contributed by atoms with Crippen LogP contribution in [0.25, 0.3) is 0 Å². The SMILES string of the molecule is COCCN(CCC#N)c1ncncc1C(=O)OC. The van der Waals surface area contributed by atoms with Gasteiger partial charge in [-0.15, -0.1) is 0 Å². The standard InChI is InChI=1S/C12H16N4O3/c1-18-7-6-16(5-3-4-13)11-10(12(17)19-2)8-14-9-15-11/h8-9H,3,5-7H2,1-2H3. The van der Waals surface area contributed by atoms with Crippen LogP contribution < -0.4 is 4.90 Å². The van der Waals surface area contributed by atoms with Gasteiger partial charge in [-0.2, -0.15) is 5.26 Å². The molecule has 0 fully saturated rings. The van der Waals surface area contributed by atoms with Gasteiger partial charge in [0.05, 0.1) is 26.2 Å². The summed E-state index contributed by atoms with van der Waals surface area (Å²) in [6.45, 7) is 1.45. The minimum absolute atomic E-state index is 0.277. The molecule has 0 amide bonds. The molecule has 0 saturated heterocycles. The molecular formula is C12H16N4O3. The maximum atomic E-state index is 11.7. The number of hydrogen-bond acceptors (Lipinski definition) is 7. The zero-order valence-electron chi connectivity index (χ0n) is 11.0. The Morgan fingerprint density at radius 3 is 2.89 bits per heavy atom. The molecule has 0 radical (unpaired) electrons. The van der Waals surface area contributed by atoms with Crippen molar-refractivity contribution < 1.29 is 14.3 Å². The number of rotatable bonds is 7. The van der Waals surface area contributed by atoms with Crippen LogP contribution >= 0.6 is 0 Å². The predicted molar refractivity (Wildman–Crippen MR) is 67.7 cm³/mol. The first-order valence-electron chi connectivity index (χ1n) is 5.73. The van der Waals surface area contributed by atoms with E-state index >= 15 is 0 Å². The lowest BCUT2D eigenvalue weighted by molar-refractivity contribution is 0.0600. The average Bonchev–Trinajstić information content (AvgIpc) is 2.47. The number of carbonyl (C=O) groups excluding carboxylic acids is 1. The molecule has 0 aliphatic carbocycles. The third kappa shape index (κ3) is 4.19. The molecule has 0 aromatic carbocycles. The molecule has 19 heavy (non-hydrogen) atoms. The maximum Gasteiger partial charge on any atom is 0.343 e. The first kappa shape index (κ1) is 14.9. The Morgan fingerprint density at radius 2 is 2.26 bits per heavy atom. The van der Waals surface area contributed by atoms with E-state index in [9.17, 15) is 4.79 Å². The summed E-state index contributed by atoms with van der Waals surface area (Å²) in [5.74, 6) is -0.0517. The van der Waals surface area contributed by atoms with Gasteiger partial charge in [-0.05, 0) is 0 Å². The first-order chi connectivity index (χ1) is 9.24. The van der Waals surface area contributed by atoms with Gasteiger partial charge in [0.2, 0.25) is 0 Å². The van der Waals surface area contributed by atoms with E-state index in [0.717, 1.165) is 0 Å². The number of anilines is 1. The largest absolute Gasteiger partial charge is 0.465 e. The predicted octanol–water partition coefficient (Wildman–Crippen LogP) is 0.630. The Morgan fingerprint density at radius 1 is 1.47 bits per heavy atom. The Labute approximate surface area is 111 Å². The summed E-state index contributed by atoms with van der Waals surface area (Å²) in [5.41, 5.74) is 0.277. The molecule has 7 heteroatoms. The van der Waals surface area contributed by atoms with Crippen molar-refractivity contribution in [2.75, 3.05) is 38.8 Å². The second-order valence-corrected chi connectivity index (χ2v) is 3.64. The lowest BCUT2D eigenvalue weighted by Crippen LogP contribution is -2.30. The number of nitrogens with zero attached hydrogens (tertiary/aromatic N) is 4. The first-order valence-corrected chi connectivity index (χ1v) is 5.73. The summed E-state index contributed by atoms with van der Waals surface area (Å²) < 4.78 is 9.71. The fourth-order valence-electron chi connectivity index (χ4n) is 1.54. The van der Waals surface area contributed by atoms with Crippen molar-refractivity contribution in [3.05, 3.63) is 18.1 Å². The van der Waals surface area contributed by atoms with Gasteiger partial charge in [0, 0.05) is 26.4 Å². The minimum Gasteiger partial charge on any atom is -0.465 e. The van der Waals surface area contributed by atoms with E-state index in [-0.39, 0.29) is 5.56 Å². The van der Waals surface area contributed by atoms with Crippen LogP contribution in [0.2, 0.25) is 0 Å². The van der Waals surface area contributed by atoms with E-state index in [1.165, 1.54) is 19.6 Å². The highest BCUT2D eigenvalue weighted by molar-refractivity contribution is 5.94. The van der Waals surface area contributed by atoms with Crippen LogP contribution in [-0.4, -0.2) is 49.9 Å². The highest BCUT2D eigenvalue weighted by atomic mass is 16.5. The highest BCUT2D eigenvalue weighted by Crippen LogP contribution is 2.17. The normalized spacial score (nSPS) is 9.74. The van der Waals surface area contributed by atoms with Crippen LogP contribution in [0.4, 0.5) is 5.82 Å². The van der Waals surface area contributed by atoms with Crippen molar-refractivity contribution in [2.24, 2.45) is 0 Å². The van der Waals surface area contributed by atoms with Gasteiger partial charge in [0.1, 0.15) is 17.7 Å². The van der Waals surface area contributed by atoms with Gasteiger partial charge in [0.25, 0.3) is 0 Å². The smallest absolute Gasteiger partial charge is 0.343 e. The number of nitriles is 1. The van der Waals surface area contributed by atoms with E-state index in [2.05, 4.69) is 16.0 Å². The Bertz CT molecular complexity index is 459. The molecule has 0 unspecified atom stereocenters. The van der Waals surface area contributed by atoms with Crippen molar-refractivity contribution in [2.45, 2.75) is 6.42 Å². The second kappa shape index (κ2) is 8.00. The third-order valence-electron chi connectivity index (χ3n) is 2.45. The van der Waals surface area contributed by atoms with Crippen molar-refractivity contribution in [3.8, 4) is 6.07 Å². The van der Waals surface area contributed by atoms with Crippen molar-refractivity contribution in [3.63, 3.8) is 0 Å². The lowest BCUT2D eigenvalue weighted by atomic mass is 10.2. The van der Waals surface area contributed by atoms with Crippen molar-refractivity contribution in [1.29, 1.82) is 5.26 Å². The van der Waals surface area contributed by atoms with E-state index in [1.807, 2.05) is 0 Å². The molecule has 7 nitrogen and oxygen atoms in total. The van der Waals surface area contributed by atoms with Crippen LogP contribution in [0.15, 0.2) is 12.5 Å². The van der Waals surface area contributed by atoms with Gasteiger partial charge >= 0.3 is 5.97 Å². The summed E-state index contributed by atoms with van der Waals surface area (Å²) in [5, 5.41) is 8.68. The fraction of sp³-hybridized carbons (Fsp3) is 0.500. The Hall–Kier alpha value is -2.20. The molecule has 0 N–H and O–H groups in total. The molecule has 0 aliphatic rings. The zero-order chi connectivity index (χ0) is 14.1. The lowest BCUT2D eigenvalue weighted by Gasteiger charge is -2.23. The summed E-state index contributed by atoms with van der Waals surface area (Å²) in [7, 11) is 2.89. The molecule has 0 bridgehead atoms. The van der Waals surface area contributed by atoms with Crippen LogP contribution in [0.1, 0.15) is 16.8 Å². The molecule has 0 atom stereocenters. The molecule has 0 spiro atoms. The number of esters is 1. The van der Waals surface area contributed by atoms with E-state index in [4.69, 9.17) is 14.7 Å².